The first-order chi connectivity index (χ1) is 8.20. The van der Waals surface area contributed by atoms with Crippen LogP contribution in [0.25, 0.3) is 0 Å². The lowest BCUT2D eigenvalue weighted by atomic mass is 9.92. The van der Waals surface area contributed by atoms with Crippen LogP contribution in [0, 0.1) is 5.92 Å². The van der Waals surface area contributed by atoms with Crippen LogP contribution in [0.4, 0.5) is 0 Å². The van der Waals surface area contributed by atoms with Gasteiger partial charge >= 0.3 is 0 Å². The number of nitrogens with zero attached hydrogens (tertiary/aromatic N) is 2. The van der Waals surface area contributed by atoms with Crippen molar-refractivity contribution < 1.29 is 5.21 Å². The number of oxime groups is 1. The zero-order valence-corrected chi connectivity index (χ0v) is 10.5. The third-order valence-corrected chi connectivity index (χ3v) is 3.56. The Kier molecular flexibility index (Phi) is 3.79. The second kappa shape index (κ2) is 5.32. The van der Waals surface area contributed by atoms with E-state index in [-0.39, 0.29) is 0 Å². The van der Waals surface area contributed by atoms with Gasteiger partial charge in [-0.25, -0.2) is 0 Å². The summed E-state index contributed by atoms with van der Waals surface area (Å²) in [5, 5.41) is 12.3. The number of piperidine rings is 1. The van der Waals surface area contributed by atoms with E-state index >= 15 is 0 Å². The molecule has 3 nitrogen and oxygen atoms in total. The average molecular weight is 232 g/mol. The predicted molar refractivity (Wildman–Crippen MR) is 69.3 cm³/mol. The SMILES string of the molecule is C[C@H]1CN(Cc2ccccc2)[C@@H](C)C/C1=N/O. The van der Waals surface area contributed by atoms with Gasteiger partial charge in [0, 0.05) is 31.5 Å². The van der Waals surface area contributed by atoms with Crippen LogP contribution in [0.5, 0.6) is 0 Å². The lowest BCUT2D eigenvalue weighted by molar-refractivity contribution is 0.168. The van der Waals surface area contributed by atoms with Crippen molar-refractivity contribution in [2.75, 3.05) is 6.54 Å². The predicted octanol–water partition coefficient (Wildman–Crippen LogP) is 2.75. The summed E-state index contributed by atoms with van der Waals surface area (Å²) in [6.45, 7) is 6.26. The molecule has 0 unspecified atom stereocenters. The zero-order chi connectivity index (χ0) is 12.3. The molecule has 2 rings (SSSR count). The molecular weight excluding hydrogens is 212 g/mol. The van der Waals surface area contributed by atoms with Crippen molar-refractivity contribution >= 4 is 5.71 Å². The molecule has 0 bridgehead atoms. The van der Waals surface area contributed by atoms with E-state index in [2.05, 4.69) is 48.2 Å². The first-order valence-corrected chi connectivity index (χ1v) is 6.19. The minimum absolute atomic E-state index is 0.347. The minimum Gasteiger partial charge on any atom is -0.411 e. The summed E-state index contributed by atoms with van der Waals surface area (Å²) in [7, 11) is 0. The normalized spacial score (nSPS) is 28.5. The zero-order valence-electron chi connectivity index (χ0n) is 10.5. The number of benzene rings is 1. The third kappa shape index (κ3) is 2.86. The van der Waals surface area contributed by atoms with Gasteiger partial charge < -0.3 is 5.21 Å². The maximum Gasteiger partial charge on any atom is 0.0627 e. The van der Waals surface area contributed by atoms with E-state index in [1.54, 1.807) is 0 Å². The van der Waals surface area contributed by atoms with Crippen LogP contribution in [0.3, 0.4) is 0 Å². The summed E-state index contributed by atoms with van der Waals surface area (Å²) in [6.07, 6.45) is 0.866. The Labute approximate surface area is 103 Å². The molecule has 1 aromatic rings. The van der Waals surface area contributed by atoms with Gasteiger partial charge in [-0.15, -0.1) is 0 Å². The molecule has 17 heavy (non-hydrogen) atoms. The summed E-state index contributed by atoms with van der Waals surface area (Å²) in [6, 6.07) is 11.0. The van der Waals surface area contributed by atoms with Gasteiger partial charge in [0.25, 0.3) is 0 Å². The first kappa shape index (κ1) is 12.1. The summed E-state index contributed by atoms with van der Waals surface area (Å²) in [5.74, 6) is 0.347. The Balaban J connectivity index is 2.03. The number of likely N-dealkylation sites (tertiary alicyclic amines) is 1. The van der Waals surface area contributed by atoms with Crippen molar-refractivity contribution in [1.29, 1.82) is 0 Å². The number of rotatable bonds is 2. The molecule has 92 valence electrons. The van der Waals surface area contributed by atoms with Crippen molar-refractivity contribution in [3.8, 4) is 0 Å². The van der Waals surface area contributed by atoms with Gasteiger partial charge in [0.05, 0.1) is 5.71 Å². The van der Waals surface area contributed by atoms with Crippen molar-refractivity contribution in [2.45, 2.75) is 32.9 Å². The molecule has 1 aromatic carbocycles. The van der Waals surface area contributed by atoms with Crippen molar-refractivity contribution in [1.82, 2.24) is 4.90 Å². The van der Waals surface area contributed by atoms with E-state index < -0.39 is 0 Å². The molecule has 0 spiro atoms. The molecule has 2 atom stereocenters. The standard InChI is InChI=1S/C14H20N2O/c1-11-9-16(12(2)8-14(11)15-17)10-13-6-4-3-5-7-13/h3-7,11-12,17H,8-10H2,1-2H3/b15-14-/t11-,12-/m0/s1. The fourth-order valence-electron chi connectivity index (χ4n) is 2.45. The maximum absolute atomic E-state index is 8.92. The highest BCUT2D eigenvalue weighted by atomic mass is 16.4. The van der Waals surface area contributed by atoms with E-state index in [4.69, 9.17) is 5.21 Å². The highest BCUT2D eigenvalue weighted by molar-refractivity contribution is 5.87. The Bertz CT molecular complexity index is 388. The third-order valence-electron chi connectivity index (χ3n) is 3.56. The van der Waals surface area contributed by atoms with Gasteiger partial charge in [0.15, 0.2) is 0 Å². The second-order valence-electron chi connectivity index (χ2n) is 4.96. The van der Waals surface area contributed by atoms with Crippen LogP contribution in [0.1, 0.15) is 25.8 Å². The molecule has 3 heteroatoms. The minimum atomic E-state index is 0.347. The summed E-state index contributed by atoms with van der Waals surface area (Å²) in [5.41, 5.74) is 2.28. The van der Waals surface area contributed by atoms with Crippen LogP contribution in [-0.2, 0) is 6.54 Å². The van der Waals surface area contributed by atoms with Crippen LogP contribution in [0.2, 0.25) is 0 Å². The molecule has 0 aliphatic carbocycles. The van der Waals surface area contributed by atoms with Gasteiger partial charge in [-0.2, -0.15) is 0 Å². The Morgan fingerprint density at radius 3 is 2.65 bits per heavy atom. The van der Waals surface area contributed by atoms with Gasteiger partial charge in [-0.1, -0.05) is 42.4 Å². The van der Waals surface area contributed by atoms with Crippen molar-refractivity contribution in [2.24, 2.45) is 11.1 Å². The van der Waals surface area contributed by atoms with E-state index in [0.29, 0.717) is 12.0 Å². The Morgan fingerprint density at radius 2 is 2.00 bits per heavy atom. The lowest BCUT2D eigenvalue weighted by Gasteiger charge is -2.37. The molecular formula is C14H20N2O. The summed E-state index contributed by atoms with van der Waals surface area (Å²) in [4.78, 5) is 2.45. The summed E-state index contributed by atoms with van der Waals surface area (Å²) < 4.78 is 0. The first-order valence-electron chi connectivity index (χ1n) is 6.19. The fraction of sp³-hybridized carbons (Fsp3) is 0.500. The van der Waals surface area contributed by atoms with Crippen LogP contribution >= 0.6 is 0 Å². The largest absolute Gasteiger partial charge is 0.411 e. The molecule has 1 N–H and O–H groups in total. The average Bonchev–Trinajstić information content (AvgIpc) is 2.34. The highest BCUT2D eigenvalue weighted by Crippen LogP contribution is 2.21. The van der Waals surface area contributed by atoms with Crippen LogP contribution in [0.15, 0.2) is 35.5 Å². The molecule has 1 aliphatic heterocycles. The maximum atomic E-state index is 8.92. The van der Waals surface area contributed by atoms with Gasteiger partial charge in [-0.05, 0) is 12.5 Å². The Morgan fingerprint density at radius 1 is 1.29 bits per heavy atom. The molecule has 1 aliphatic rings. The number of hydrogen-bond donors (Lipinski definition) is 1. The molecule has 0 aromatic heterocycles. The lowest BCUT2D eigenvalue weighted by Crippen LogP contribution is -2.44. The van der Waals surface area contributed by atoms with Gasteiger partial charge in [-0.3, -0.25) is 4.90 Å². The van der Waals surface area contributed by atoms with Gasteiger partial charge in [0.1, 0.15) is 0 Å². The van der Waals surface area contributed by atoms with Crippen molar-refractivity contribution in [3.63, 3.8) is 0 Å². The molecule has 0 amide bonds. The van der Waals surface area contributed by atoms with E-state index in [1.807, 2.05) is 6.07 Å². The molecule has 1 saturated heterocycles. The second-order valence-corrected chi connectivity index (χ2v) is 4.96. The fourth-order valence-corrected chi connectivity index (χ4v) is 2.45. The molecule has 0 radical (unpaired) electrons. The molecule has 1 heterocycles. The summed E-state index contributed by atoms with van der Waals surface area (Å²) >= 11 is 0. The quantitative estimate of drug-likeness (QED) is 0.628. The molecule has 0 saturated carbocycles. The smallest absolute Gasteiger partial charge is 0.0627 e. The number of hydrogen-bond acceptors (Lipinski definition) is 3. The Hall–Kier alpha value is -1.35. The monoisotopic (exact) mass is 232 g/mol. The van der Waals surface area contributed by atoms with Crippen LogP contribution < -0.4 is 0 Å². The topological polar surface area (TPSA) is 35.8 Å². The van der Waals surface area contributed by atoms with Crippen LogP contribution in [-0.4, -0.2) is 28.4 Å². The van der Waals surface area contributed by atoms with E-state index in [1.165, 1.54) is 5.56 Å². The van der Waals surface area contributed by atoms with E-state index in [0.717, 1.165) is 25.2 Å². The van der Waals surface area contributed by atoms with Crippen molar-refractivity contribution in [3.05, 3.63) is 35.9 Å². The highest BCUT2D eigenvalue weighted by Gasteiger charge is 2.27. The van der Waals surface area contributed by atoms with Gasteiger partial charge in [0.2, 0.25) is 0 Å². The molecule has 1 fully saturated rings. The van der Waals surface area contributed by atoms with E-state index in [9.17, 15) is 0 Å².